The number of methoxy groups -OCH3 is 1. The van der Waals surface area contributed by atoms with Crippen LogP contribution < -0.4 is 19.7 Å². The van der Waals surface area contributed by atoms with Crippen molar-refractivity contribution in [2.75, 3.05) is 58.7 Å². The van der Waals surface area contributed by atoms with E-state index in [1.807, 2.05) is 69.5 Å². The highest BCUT2D eigenvalue weighted by molar-refractivity contribution is 5.92. The molecule has 9 nitrogen and oxygen atoms in total. The molecule has 0 aliphatic carbocycles. The summed E-state index contributed by atoms with van der Waals surface area (Å²) in [6.07, 6.45) is 0.257. The fourth-order valence-corrected chi connectivity index (χ4v) is 4.04. The number of amides is 1. The lowest BCUT2D eigenvalue weighted by Gasteiger charge is -2.15. The predicted molar refractivity (Wildman–Crippen MR) is 154 cm³/mol. The maximum absolute atomic E-state index is 12.8. The first-order valence-corrected chi connectivity index (χ1v) is 12.7. The number of hydrogen-bond acceptors (Lipinski definition) is 8. The maximum Gasteiger partial charge on any atom is 0.323 e. The van der Waals surface area contributed by atoms with Gasteiger partial charge in [0.15, 0.2) is 11.5 Å². The van der Waals surface area contributed by atoms with Gasteiger partial charge in [-0.25, -0.2) is 0 Å². The molecule has 0 unspecified atom stereocenters. The number of anilines is 2. The van der Waals surface area contributed by atoms with Crippen LogP contribution in [0.15, 0.2) is 65.2 Å². The lowest BCUT2D eigenvalue weighted by atomic mass is 9.97. The molecule has 0 aliphatic heterocycles. The average molecular weight is 530 g/mol. The molecule has 4 aromatic rings. The number of nitrogens with one attached hydrogen (secondary N) is 1. The molecule has 1 heterocycles. The van der Waals surface area contributed by atoms with Crippen LogP contribution in [0.1, 0.15) is 11.1 Å². The van der Waals surface area contributed by atoms with Crippen molar-refractivity contribution in [2.45, 2.75) is 13.3 Å². The summed E-state index contributed by atoms with van der Waals surface area (Å²) < 4.78 is 16.5. The van der Waals surface area contributed by atoms with Crippen molar-refractivity contribution in [1.82, 2.24) is 15.0 Å². The van der Waals surface area contributed by atoms with Gasteiger partial charge in [0.2, 0.25) is 11.7 Å². The van der Waals surface area contributed by atoms with Gasteiger partial charge >= 0.3 is 6.01 Å². The Morgan fingerprint density at radius 1 is 0.949 bits per heavy atom. The molecular weight excluding hydrogens is 494 g/mol. The summed E-state index contributed by atoms with van der Waals surface area (Å²) in [4.78, 5) is 21.0. The van der Waals surface area contributed by atoms with Crippen molar-refractivity contribution in [3.8, 4) is 34.0 Å². The number of ether oxygens (including phenoxy) is 2. The number of carbonyl (C=O) groups excluding carboxylic acids is 1. The van der Waals surface area contributed by atoms with Crippen molar-refractivity contribution in [1.29, 1.82) is 0 Å². The number of hydrogen-bond donors (Lipinski definition) is 1. The fourth-order valence-electron chi connectivity index (χ4n) is 4.04. The Hall–Kier alpha value is -4.37. The molecule has 1 N–H and O–H groups in total. The minimum Gasteiger partial charge on any atom is -0.493 e. The van der Waals surface area contributed by atoms with E-state index in [-0.39, 0.29) is 12.3 Å². The zero-order chi connectivity index (χ0) is 27.9. The lowest BCUT2D eigenvalue weighted by molar-refractivity contribution is -0.115. The normalized spacial score (nSPS) is 10.9. The van der Waals surface area contributed by atoms with Crippen molar-refractivity contribution in [3.05, 3.63) is 71.8 Å². The van der Waals surface area contributed by atoms with Gasteiger partial charge in [0.05, 0.1) is 13.5 Å². The molecule has 0 saturated carbocycles. The molecule has 39 heavy (non-hydrogen) atoms. The molecule has 0 radical (unpaired) electrons. The van der Waals surface area contributed by atoms with Crippen molar-refractivity contribution < 1.29 is 18.8 Å². The number of aromatic nitrogens is 2. The molecule has 3 aromatic carbocycles. The van der Waals surface area contributed by atoms with E-state index < -0.39 is 0 Å². The predicted octanol–water partition coefficient (Wildman–Crippen LogP) is 4.91. The van der Waals surface area contributed by atoms with Crippen LogP contribution in [-0.2, 0) is 11.2 Å². The van der Waals surface area contributed by atoms with E-state index in [0.717, 1.165) is 34.4 Å². The van der Waals surface area contributed by atoms with E-state index in [1.54, 1.807) is 30.2 Å². The van der Waals surface area contributed by atoms with Crippen LogP contribution >= 0.6 is 0 Å². The fraction of sp³-hybridized carbons (Fsp3) is 0.300. The van der Waals surface area contributed by atoms with Gasteiger partial charge in [0, 0.05) is 38.0 Å². The Morgan fingerprint density at radius 3 is 2.33 bits per heavy atom. The zero-order valence-corrected chi connectivity index (χ0v) is 23.3. The first-order valence-electron chi connectivity index (χ1n) is 12.7. The van der Waals surface area contributed by atoms with Gasteiger partial charge in [-0.2, -0.15) is 4.98 Å². The first kappa shape index (κ1) is 27.7. The number of aryl methyl sites for hydroxylation is 1. The Bertz CT molecular complexity index is 1410. The highest BCUT2D eigenvalue weighted by atomic mass is 16.5. The Balaban J connectivity index is 1.39. The molecule has 0 aliphatic rings. The summed E-state index contributed by atoms with van der Waals surface area (Å²) in [5.74, 6) is 1.67. The van der Waals surface area contributed by atoms with Gasteiger partial charge in [0.25, 0.3) is 0 Å². The molecular formula is C30H35N5O4. The molecule has 204 valence electrons. The second-order valence-electron chi connectivity index (χ2n) is 9.76. The van der Waals surface area contributed by atoms with Crippen LogP contribution in [0.4, 0.5) is 11.7 Å². The average Bonchev–Trinajstić information content (AvgIpc) is 3.40. The Kier molecular flexibility index (Phi) is 8.83. The molecule has 1 amide bonds. The van der Waals surface area contributed by atoms with Crippen molar-refractivity contribution in [3.63, 3.8) is 0 Å². The van der Waals surface area contributed by atoms with Crippen LogP contribution in [0, 0.1) is 6.92 Å². The van der Waals surface area contributed by atoms with E-state index in [0.29, 0.717) is 35.6 Å². The third-order valence-electron chi connectivity index (χ3n) is 6.16. The summed E-state index contributed by atoms with van der Waals surface area (Å²) in [5.41, 5.74) is 5.74. The minimum atomic E-state index is -0.107. The molecule has 4 rings (SSSR count). The van der Waals surface area contributed by atoms with Gasteiger partial charge in [-0.15, -0.1) is 0 Å². The van der Waals surface area contributed by atoms with Crippen LogP contribution in [0.2, 0.25) is 0 Å². The van der Waals surface area contributed by atoms with Gasteiger partial charge in [-0.1, -0.05) is 41.6 Å². The van der Waals surface area contributed by atoms with Crippen LogP contribution in [0.5, 0.6) is 11.5 Å². The monoisotopic (exact) mass is 529 g/mol. The third kappa shape index (κ3) is 7.14. The minimum absolute atomic E-state index is 0.107. The zero-order valence-electron chi connectivity index (χ0n) is 23.3. The quantitative estimate of drug-likeness (QED) is 0.293. The molecule has 1 aromatic heterocycles. The largest absolute Gasteiger partial charge is 0.493 e. The number of likely N-dealkylation sites (N-methyl/N-ethyl adjacent to an activating group) is 1. The van der Waals surface area contributed by atoms with Crippen LogP contribution in [0.25, 0.3) is 22.5 Å². The Morgan fingerprint density at radius 2 is 1.69 bits per heavy atom. The molecule has 0 fully saturated rings. The second-order valence-corrected chi connectivity index (χ2v) is 9.76. The highest BCUT2D eigenvalue weighted by Gasteiger charge is 2.13. The van der Waals surface area contributed by atoms with Crippen molar-refractivity contribution >= 4 is 17.6 Å². The third-order valence-corrected chi connectivity index (χ3v) is 6.16. The van der Waals surface area contributed by atoms with E-state index in [9.17, 15) is 4.79 Å². The first-order chi connectivity index (χ1) is 18.7. The van der Waals surface area contributed by atoms with Crippen LogP contribution in [0.3, 0.4) is 0 Å². The lowest BCUT2D eigenvalue weighted by Crippen LogP contribution is -2.19. The molecule has 0 bridgehead atoms. The Labute approximate surface area is 229 Å². The summed E-state index contributed by atoms with van der Waals surface area (Å²) in [6, 6.07) is 20.0. The number of benzene rings is 3. The summed E-state index contributed by atoms with van der Waals surface area (Å²) >= 11 is 0. The topological polar surface area (TPSA) is 93.0 Å². The maximum atomic E-state index is 12.8. The summed E-state index contributed by atoms with van der Waals surface area (Å²) in [5, 5.41) is 7.03. The SMILES string of the molecule is COc1ccc(NC(=O)Cc2ccc(-c3ccc(-c4noc(N(C)C)n4)cc3C)cc2)cc1OCCN(C)C. The second kappa shape index (κ2) is 12.4. The summed E-state index contributed by atoms with van der Waals surface area (Å²) in [7, 11) is 9.29. The van der Waals surface area contributed by atoms with Gasteiger partial charge in [0.1, 0.15) is 6.61 Å². The van der Waals surface area contributed by atoms with Gasteiger partial charge < -0.3 is 29.1 Å². The van der Waals surface area contributed by atoms with Crippen LogP contribution in [-0.4, -0.2) is 69.4 Å². The van der Waals surface area contributed by atoms with Gasteiger partial charge in [-0.3, -0.25) is 4.79 Å². The summed E-state index contributed by atoms with van der Waals surface area (Å²) in [6.45, 7) is 3.35. The molecule has 0 saturated heterocycles. The number of carbonyl (C=O) groups is 1. The van der Waals surface area contributed by atoms with E-state index >= 15 is 0 Å². The van der Waals surface area contributed by atoms with E-state index in [1.165, 1.54) is 0 Å². The molecule has 0 atom stereocenters. The number of nitrogens with zero attached hydrogens (tertiary/aromatic N) is 4. The van der Waals surface area contributed by atoms with E-state index in [4.69, 9.17) is 14.0 Å². The van der Waals surface area contributed by atoms with E-state index in [2.05, 4.69) is 28.4 Å². The van der Waals surface area contributed by atoms with Crippen molar-refractivity contribution in [2.24, 2.45) is 0 Å². The number of rotatable bonds is 11. The highest BCUT2D eigenvalue weighted by Crippen LogP contribution is 2.31. The smallest absolute Gasteiger partial charge is 0.323 e. The van der Waals surface area contributed by atoms with Gasteiger partial charge in [-0.05, 0) is 61.5 Å². The molecule has 0 spiro atoms. The molecule has 9 heteroatoms. The standard InChI is InChI=1S/C30H35N5O4/c1-20-17-23(29-32-30(35(4)5)39-33-29)11-13-25(20)22-9-7-21(8-10-22)18-28(36)31-24-12-14-26(37-6)27(19-24)38-16-15-34(2)3/h7-14,17,19H,15-16,18H2,1-6H3,(H,31,36).